The molecule has 5 nitrogen and oxygen atoms in total. The molecular formula is C22H24FN3O2. The summed E-state index contributed by atoms with van der Waals surface area (Å²) in [5.74, 6) is -0.462. The Labute approximate surface area is 164 Å². The minimum atomic E-state index is -0.441. The molecule has 1 N–H and O–H groups in total. The maximum Gasteiger partial charge on any atom is 0.275 e. The van der Waals surface area contributed by atoms with E-state index in [0.29, 0.717) is 5.56 Å². The van der Waals surface area contributed by atoms with Crippen molar-refractivity contribution in [3.05, 3.63) is 75.6 Å². The van der Waals surface area contributed by atoms with Crippen LogP contribution >= 0.6 is 0 Å². The first-order valence-corrected chi connectivity index (χ1v) is 9.80. The van der Waals surface area contributed by atoms with Gasteiger partial charge in [-0.15, -0.1) is 0 Å². The molecule has 0 radical (unpaired) electrons. The quantitative estimate of drug-likeness (QED) is 0.428. The number of hydrogen-bond acceptors (Lipinski definition) is 4. The molecule has 4 rings (SSSR count). The van der Waals surface area contributed by atoms with Crippen molar-refractivity contribution in [2.45, 2.75) is 32.2 Å². The summed E-state index contributed by atoms with van der Waals surface area (Å²) in [5, 5.41) is 14.8. The smallest absolute Gasteiger partial charge is 0.275 e. The van der Waals surface area contributed by atoms with Gasteiger partial charge in [-0.1, -0.05) is 24.3 Å². The average Bonchev–Trinajstić information content (AvgIpc) is 3.19. The Balaban J connectivity index is 1.74. The van der Waals surface area contributed by atoms with Crippen molar-refractivity contribution >= 4 is 17.1 Å². The summed E-state index contributed by atoms with van der Waals surface area (Å²) in [6.45, 7) is 6.13. The summed E-state index contributed by atoms with van der Waals surface area (Å²) in [7, 11) is 0. The van der Waals surface area contributed by atoms with E-state index in [2.05, 4.69) is 54.4 Å². The summed E-state index contributed by atoms with van der Waals surface area (Å²) in [6.07, 6.45) is 4.86. The molecule has 2 aliphatic rings. The van der Waals surface area contributed by atoms with Gasteiger partial charge in [0.1, 0.15) is 5.82 Å². The van der Waals surface area contributed by atoms with Gasteiger partial charge in [0.15, 0.2) is 0 Å². The van der Waals surface area contributed by atoms with E-state index >= 15 is 0 Å². The fourth-order valence-electron chi connectivity index (χ4n) is 4.62. The van der Waals surface area contributed by atoms with Crippen molar-refractivity contribution in [2.24, 2.45) is 5.92 Å². The second-order valence-corrected chi connectivity index (χ2v) is 7.35. The van der Waals surface area contributed by atoms with E-state index in [4.69, 9.17) is 0 Å². The van der Waals surface area contributed by atoms with Gasteiger partial charge >= 0.3 is 0 Å². The number of allylic oxidation sites excluding steroid dienone is 2. The lowest BCUT2D eigenvalue weighted by molar-refractivity contribution is -0.385. The summed E-state index contributed by atoms with van der Waals surface area (Å²) in [6, 6.07) is 10.7. The van der Waals surface area contributed by atoms with E-state index < -0.39 is 10.7 Å². The summed E-state index contributed by atoms with van der Waals surface area (Å²) >= 11 is 0. The van der Waals surface area contributed by atoms with Crippen LogP contribution < -0.4 is 10.2 Å². The lowest BCUT2D eigenvalue weighted by Gasteiger charge is -2.37. The molecule has 0 saturated heterocycles. The van der Waals surface area contributed by atoms with E-state index in [-0.39, 0.29) is 29.3 Å². The van der Waals surface area contributed by atoms with E-state index in [1.54, 1.807) is 0 Å². The van der Waals surface area contributed by atoms with E-state index in [1.807, 2.05) is 6.08 Å². The van der Waals surface area contributed by atoms with Crippen molar-refractivity contribution in [1.82, 2.24) is 0 Å². The van der Waals surface area contributed by atoms with Crippen LogP contribution in [0.15, 0.2) is 48.6 Å². The Morgan fingerprint density at radius 1 is 1.18 bits per heavy atom. The number of anilines is 2. The minimum Gasteiger partial charge on any atom is -0.375 e. The Morgan fingerprint density at radius 2 is 1.89 bits per heavy atom. The molecule has 1 aliphatic heterocycles. The van der Waals surface area contributed by atoms with Crippen LogP contribution in [0.1, 0.15) is 43.4 Å². The predicted octanol–water partition coefficient (Wildman–Crippen LogP) is 5.41. The highest BCUT2D eigenvalue weighted by molar-refractivity contribution is 5.68. The molecule has 0 aromatic heterocycles. The number of nitrogens with zero attached hydrogens (tertiary/aromatic N) is 2. The number of fused-ring (bicyclic) bond motifs is 3. The van der Waals surface area contributed by atoms with Crippen LogP contribution in [0.3, 0.4) is 0 Å². The van der Waals surface area contributed by atoms with Crippen LogP contribution in [-0.4, -0.2) is 18.0 Å². The second-order valence-electron chi connectivity index (χ2n) is 7.35. The number of nitro groups is 1. The molecule has 0 saturated carbocycles. The molecular weight excluding hydrogens is 357 g/mol. The van der Waals surface area contributed by atoms with Gasteiger partial charge in [0, 0.05) is 30.8 Å². The highest BCUT2D eigenvalue weighted by Crippen LogP contribution is 2.53. The molecule has 146 valence electrons. The van der Waals surface area contributed by atoms with Gasteiger partial charge in [-0.3, -0.25) is 10.1 Å². The second kappa shape index (κ2) is 7.26. The zero-order valence-corrected chi connectivity index (χ0v) is 16.1. The fourth-order valence-corrected chi connectivity index (χ4v) is 4.62. The van der Waals surface area contributed by atoms with Crippen LogP contribution in [0, 0.1) is 21.8 Å². The SMILES string of the molecule is CCN(CC)c1ccc(C2Nc3c(F)ccc([N+](=O)[O-])c3C3C=CCC32)cc1. The Bertz CT molecular complexity index is 922. The molecule has 3 atom stereocenters. The third-order valence-corrected chi connectivity index (χ3v) is 6.02. The topological polar surface area (TPSA) is 58.4 Å². The van der Waals surface area contributed by atoms with Crippen molar-refractivity contribution in [2.75, 3.05) is 23.3 Å². The number of nitro benzene ring substituents is 1. The molecule has 2 aromatic carbocycles. The molecule has 0 spiro atoms. The molecule has 3 unspecified atom stereocenters. The Hall–Kier alpha value is -2.89. The van der Waals surface area contributed by atoms with Crippen LogP contribution in [0.2, 0.25) is 0 Å². The van der Waals surface area contributed by atoms with Crippen LogP contribution in [-0.2, 0) is 0 Å². The average molecular weight is 381 g/mol. The first kappa shape index (κ1) is 18.5. The molecule has 2 aromatic rings. The number of hydrogen-bond donors (Lipinski definition) is 1. The third-order valence-electron chi connectivity index (χ3n) is 6.02. The van der Waals surface area contributed by atoms with Crippen molar-refractivity contribution < 1.29 is 9.31 Å². The van der Waals surface area contributed by atoms with Crippen LogP contribution in [0.5, 0.6) is 0 Å². The standard InChI is InChI=1S/C22H24FN3O2/c1-3-25(4-2)15-10-8-14(9-11-15)21-17-7-5-6-16(17)20-19(26(27)28)13-12-18(23)22(20)24-21/h5-6,8-13,16-17,21,24H,3-4,7H2,1-2H3. The maximum atomic E-state index is 14.6. The number of halogens is 1. The largest absolute Gasteiger partial charge is 0.375 e. The van der Waals surface area contributed by atoms with Gasteiger partial charge in [0.25, 0.3) is 5.69 Å². The van der Waals surface area contributed by atoms with Gasteiger partial charge in [0.05, 0.1) is 22.2 Å². The van der Waals surface area contributed by atoms with Crippen molar-refractivity contribution in [3.63, 3.8) is 0 Å². The monoisotopic (exact) mass is 381 g/mol. The molecule has 1 aliphatic carbocycles. The molecule has 0 bridgehead atoms. The minimum absolute atomic E-state index is 0.0132. The van der Waals surface area contributed by atoms with Gasteiger partial charge < -0.3 is 10.2 Å². The zero-order chi connectivity index (χ0) is 19.8. The first-order chi connectivity index (χ1) is 13.5. The van der Waals surface area contributed by atoms with Gasteiger partial charge in [-0.25, -0.2) is 4.39 Å². The number of benzene rings is 2. The van der Waals surface area contributed by atoms with Crippen LogP contribution in [0.25, 0.3) is 0 Å². The highest BCUT2D eigenvalue weighted by Gasteiger charge is 2.42. The molecule has 28 heavy (non-hydrogen) atoms. The lowest BCUT2D eigenvalue weighted by Crippen LogP contribution is -2.30. The maximum absolute atomic E-state index is 14.6. The summed E-state index contributed by atoms with van der Waals surface area (Å²) in [5.41, 5.74) is 2.96. The molecule has 6 heteroatoms. The molecule has 0 amide bonds. The summed E-state index contributed by atoms with van der Waals surface area (Å²) < 4.78 is 14.6. The fraction of sp³-hybridized carbons (Fsp3) is 0.364. The molecule has 0 fully saturated rings. The Kier molecular flexibility index (Phi) is 4.79. The summed E-state index contributed by atoms with van der Waals surface area (Å²) in [4.78, 5) is 13.4. The zero-order valence-electron chi connectivity index (χ0n) is 16.1. The van der Waals surface area contributed by atoms with E-state index in [0.717, 1.165) is 30.8 Å². The molecule has 1 heterocycles. The van der Waals surface area contributed by atoms with Gasteiger partial charge in [-0.05, 0) is 49.9 Å². The Morgan fingerprint density at radius 3 is 2.54 bits per heavy atom. The van der Waals surface area contributed by atoms with Crippen LogP contribution in [0.4, 0.5) is 21.5 Å². The third kappa shape index (κ3) is 2.93. The highest BCUT2D eigenvalue weighted by atomic mass is 19.1. The van der Waals surface area contributed by atoms with Gasteiger partial charge in [0.2, 0.25) is 0 Å². The predicted molar refractivity (Wildman–Crippen MR) is 109 cm³/mol. The van der Waals surface area contributed by atoms with E-state index in [9.17, 15) is 14.5 Å². The first-order valence-electron chi connectivity index (χ1n) is 9.80. The van der Waals surface area contributed by atoms with Crippen molar-refractivity contribution in [1.29, 1.82) is 0 Å². The van der Waals surface area contributed by atoms with Crippen molar-refractivity contribution in [3.8, 4) is 0 Å². The van der Waals surface area contributed by atoms with Gasteiger partial charge in [-0.2, -0.15) is 0 Å². The lowest BCUT2D eigenvalue weighted by atomic mass is 9.76. The normalized spacial score (nSPS) is 22.3. The number of rotatable bonds is 5. The number of nitrogens with one attached hydrogen (secondary N) is 1. The van der Waals surface area contributed by atoms with E-state index in [1.165, 1.54) is 12.1 Å².